The van der Waals surface area contributed by atoms with Crippen molar-refractivity contribution in [1.29, 1.82) is 0 Å². The zero-order valence-electron chi connectivity index (χ0n) is 17.8. The number of anilines is 2. The maximum atomic E-state index is 12.8. The van der Waals surface area contributed by atoms with Crippen LogP contribution in [0.3, 0.4) is 0 Å². The topological polar surface area (TPSA) is 96.9 Å². The van der Waals surface area contributed by atoms with Crippen LogP contribution in [0.1, 0.15) is 15.9 Å². The fourth-order valence-corrected chi connectivity index (χ4v) is 3.83. The number of carbonyl (C=O) groups is 2. The number of carbonyl (C=O) groups excluding carboxylic acids is 2. The summed E-state index contributed by atoms with van der Waals surface area (Å²) in [4.78, 5) is 25.9. The highest BCUT2D eigenvalue weighted by Crippen LogP contribution is 2.30. The molecule has 0 heterocycles. The molecule has 0 fully saturated rings. The summed E-state index contributed by atoms with van der Waals surface area (Å²) >= 11 is 1.27. The Balaban J connectivity index is 1.64. The minimum Gasteiger partial charge on any atom is -0.493 e. The number of amides is 2. The van der Waals surface area contributed by atoms with Gasteiger partial charge in [0.25, 0.3) is 5.91 Å². The van der Waals surface area contributed by atoms with Crippen molar-refractivity contribution in [3.63, 3.8) is 0 Å². The third-order valence-corrected chi connectivity index (χ3v) is 5.60. The van der Waals surface area contributed by atoms with Crippen LogP contribution in [0.4, 0.5) is 11.4 Å². The molecule has 0 spiro atoms. The number of nitrogens with one attached hydrogen (secondary N) is 2. The molecule has 7 nitrogen and oxygen atoms in total. The third kappa shape index (κ3) is 6.03. The highest BCUT2D eigenvalue weighted by molar-refractivity contribution is 8.00. The first kappa shape index (κ1) is 23.2. The van der Waals surface area contributed by atoms with Gasteiger partial charge in [-0.2, -0.15) is 0 Å². The normalized spacial score (nSPS) is 10.3. The molecule has 2 amide bonds. The standard InChI is InChI=1S/C24H24N2O5S/c1-30-20-11-10-18(13-21(20)31-2)25-23(28)15-32-22-9-4-3-8-19(22)24(29)26-17-7-5-6-16(12-17)14-27/h3-13,27H,14-15H2,1-2H3,(H,25,28)(H,26,29). The summed E-state index contributed by atoms with van der Waals surface area (Å²) in [5.74, 6) is 0.713. The van der Waals surface area contributed by atoms with Crippen molar-refractivity contribution in [2.75, 3.05) is 30.6 Å². The Hall–Kier alpha value is -3.49. The van der Waals surface area contributed by atoms with Crippen LogP contribution in [-0.2, 0) is 11.4 Å². The van der Waals surface area contributed by atoms with Gasteiger partial charge in [-0.15, -0.1) is 11.8 Å². The van der Waals surface area contributed by atoms with Crippen molar-refractivity contribution >= 4 is 35.0 Å². The monoisotopic (exact) mass is 452 g/mol. The minimum atomic E-state index is -0.288. The molecule has 0 saturated carbocycles. The Kier molecular flexibility index (Phi) is 8.13. The van der Waals surface area contributed by atoms with Gasteiger partial charge in [0.15, 0.2) is 11.5 Å². The van der Waals surface area contributed by atoms with E-state index in [0.29, 0.717) is 38.9 Å². The lowest BCUT2D eigenvalue weighted by atomic mass is 10.2. The zero-order valence-corrected chi connectivity index (χ0v) is 18.6. The Morgan fingerprint density at radius 3 is 2.38 bits per heavy atom. The molecule has 0 aromatic heterocycles. The number of aliphatic hydroxyl groups is 1. The Bertz CT molecular complexity index is 1100. The second-order valence-corrected chi connectivity index (χ2v) is 7.73. The fourth-order valence-electron chi connectivity index (χ4n) is 2.98. The van der Waals surface area contributed by atoms with E-state index in [0.717, 1.165) is 0 Å². The van der Waals surface area contributed by atoms with Gasteiger partial charge in [-0.3, -0.25) is 9.59 Å². The van der Waals surface area contributed by atoms with Crippen LogP contribution in [0.2, 0.25) is 0 Å². The number of rotatable bonds is 9. The molecule has 3 aromatic carbocycles. The smallest absolute Gasteiger partial charge is 0.256 e. The number of aliphatic hydroxyl groups excluding tert-OH is 1. The molecule has 166 valence electrons. The SMILES string of the molecule is COc1ccc(NC(=O)CSc2ccccc2C(=O)Nc2cccc(CO)c2)cc1OC. The molecule has 3 aromatic rings. The number of benzene rings is 3. The summed E-state index contributed by atoms with van der Waals surface area (Å²) < 4.78 is 10.5. The number of ether oxygens (including phenoxy) is 2. The summed E-state index contributed by atoms with van der Waals surface area (Å²) in [6, 6.07) is 19.2. The van der Waals surface area contributed by atoms with Gasteiger partial charge in [0.05, 0.1) is 32.1 Å². The number of hydrogen-bond acceptors (Lipinski definition) is 6. The molecule has 0 aliphatic carbocycles. The Labute approximate surface area is 190 Å². The van der Waals surface area contributed by atoms with Crippen LogP contribution in [0, 0.1) is 0 Å². The van der Waals surface area contributed by atoms with Crippen LogP contribution in [0.25, 0.3) is 0 Å². The van der Waals surface area contributed by atoms with Crippen molar-refractivity contribution in [2.24, 2.45) is 0 Å². The maximum absolute atomic E-state index is 12.8. The van der Waals surface area contributed by atoms with Crippen molar-refractivity contribution in [2.45, 2.75) is 11.5 Å². The van der Waals surface area contributed by atoms with Crippen LogP contribution in [-0.4, -0.2) is 36.9 Å². The molecular formula is C24H24N2O5S. The summed E-state index contributed by atoms with van der Waals surface area (Å²) in [5.41, 5.74) is 2.35. The van der Waals surface area contributed by atoms with Crippen LogP contribution < -0.4 is 20.1 Å². The van der Waals surface area contributed by atoms with Crippen LogP contribution in [0.15, 0.2) is 71.6 Å². The van der Waals surface area contributed by atoms with Gasteiger partial charge in [0.2, 0.25) is 5.91 Å². The second-order valence-electron chi connectivity index (χ2n) is 6.72. The molecule has 0 bridgehead atoms. The highest BCUT2D eigenvalue weighted by atomic mass is 32.2. The first-order chi connectivity index (χ1) is 15.5. The Morgan fingerprint density at radius 1 is 0.875 bits per heavy atom. The average Bonchev–Trinajstić information content (AvgIpc) is 2.82. The lowest BCUT2D eigenvalue weighted by molar-refractivity contribution is -0.113. The van der Waals surface area contributed by atoms with Crippen molar-refractivity contribution in [3.05, 3.63) is 77.9 Å². The van der Waals surface area contributed by atoms with E-state index in [-0.39, 0.29) is 24.2 Å². The van der Waals surface area contributed by atoms with E-state index in [1.54, 1.807) is 67.8 Å². The van der Waals surface area contributed by atoms with E-state index in [9.17, 15) is 14.7 Å². The molecular weight excluding hydrogens is 428 g/mol. The summed E-state index contributed by atoms with van der Waals surface area (Å²) in [6.07, 6.45) is 0. The van der Waals surface area contributed by atoms with E-state index in [1.807, 2.05) is 6.07 Å². The van der Waals surface area contributed by atoms with Gasteiger partial charge in [0.1, 0.15) is 0 Å². The third-order valence-electron chi connectivity index (χ3n) is 4.53. The highest BCUT2D eigenvalue weighted by Gasteiger charge is 2.14. The van der Waals surface area contributed by atoms with E-state index < -0.39 is 0 Å². The van der Waals surface area contributed by atoms with Crippen molar-refractivity contribution in [3.8, 4) is 11.5 Å². The largest absolute Gasteiger partial charge is 0.493 e. The van der Waals surface area contributed by atoms with Gasteiger partial charge in [-0.05, 0) is 42.0 Å². The predicted octanol–water partition coefficient (Wildman–Crippen LogP) is 4.18. The quantitative estimate of drug-likeness (QED) is 0.422. The van der Waals surface area contributed by atoms with Gasteiger partial charge in [-0.25, -0.2) is 0 Å². The van der Waals surface area contributed by atoms with E-state index in [2.05, 4.69) is 10.6 Å². The van der Waals surface area contributed by atoms with Crippen molar-refractivity contribution < 1.29 is 24.2 Å². The molecule has 0 atom stereocenters. The van der Waals surface area contributed by atoms with E-state index >= 15 is 0 Å². The molecule has 32 heavy (non-hydrogen) atoms. The summed E-state index contributed by atoms with van der Waals surface area (Å²) in [6.45, 7) is -0.106. The average molecular weight is 453 g/mol. The van der Waals surface area contributed by atoms with E-state index in [1.165, 1.54) is 18.9 Å². The molecule has 3 N–H and O–H groups in total. The van der Waals surface area contributed by atoms with Gasteiger partial charge >= 0.3 is 0 Å². The lowest BCUT2D eigenvalue weighted by Gasteiger charge is -2.12. The number of thioether (sulfide) groups is 1. The zero-order chi connectivity index (χ0) is 22.9. The van der Waals surface area contributed by atoms with Crippen LogP contribution in [0.5, 0.6) is 11.5 Å². The first-order valence-electron chi connectivity index (χ1n) is 9.79. The Morgan fingerprint density at radius 2 is 1.62 bits per heavy atom. The maximum Gasteiger partial charge on any atom is 0.256 e. The van der Waals surface area contributed by atoms with Gasteiger partial charge < -0.3 is 25.2 Å². The molecule has 0 saturated heterocycles. The van der Waals surface area contributed by atoms with Crippen LogP contribution >= 0.6 is 11.8 Å². The summed E-state index contributed by atoms with van der Waals surface area (Å²) in [7, 11) is 3.07. The van der Waals surface area contributed by atoms with Gasteiger partial charge in [0, 0.05) is 22.3 Å². The molecule has 8 heteroatoms. The second kappa shape index (κ2) is 11.2. The molecule has 0 aliphatic heterocycles. The molecule has 0 radical (unpaired) electrons. The molecule has 0 unspecified atom stereocenters. The van der Waals surface area contributed by atoms with E-state index in [4.69, 9.17) is 9.47 Å². The van der Waals surface area contributed by atoms with Gasteiger partial charge in [-0.1, -0.05) is 24.3 Å². The first-order valence-corrected chi connectivity index (χ1v) is 10.8. The van der Waals surface area contributed by atoms with Crippen molar-refractivity contribution in [1.82, 2.24) is 0 Å². The predicted molar refractivity (Wildman–Crippen MR) is 126 cm³/mol. The fraction of sp³-hybridized carbons (Fsp3) is 0.167. The minimum absolute atomic E-state index is 0.106. The lowest BCUT2D eigenvalue weighted by Crippen LogP contribution is -2.16. The number of methoxy groups -OCH3 is 2. The number of hydrogen-bond donors (Lipinski definition) is 3. The summed E-state index contributed by atoms with van der Waals surface area (Å²) in [5, 5.41) is 14.9. The molecule has 0 aliphatic rings. The molecule has 3 rings (SSSR count).